The molecule has 0 atom stereocenters. The summed E-state index contributed by atoms with van der Waals surface area (Å²) in [6.45, 7) is 7.18. The molecule has 2 heterocycles. The van der Waals surface area contributed by atoms with Gasteiger partial charge in [0, 0.05) is 38.8 Å². The van der Waals surface area contributed by atoms with Gasteiger partial charge in [0.15, 0.2) is 0 Å². The quantitative estimate of drug-likeness (QED) is 0.797. The van der Waals surface area contributed by atoms with E-state index in [0.717, 1.165) is 78.2 Å². The van der Waals surface area contributed by atoms with E-state index in [2.05, 4.69) is 9.80 Å². The number of rotatable bonds is 4. The van der Waals surface area contributed by atoms with E-state index in [-0.39, 0.29) is 5.92 Å². The van der Waals surface area contributed by atoms with Gasteiger partial charge in [-0.3, -0.25) is 4.79 Å². The molecule has 5 nitrogen and oxygen atoms in total. The molecule has 0 radical (unpaired) electrons. The molecular weight excluding hydrogens is 242 g/mol. The molecule has 2 aliphatic rings. The maximum absolute atomic E-state index is 12.5. The van der Waals surface area contributed by atoms with Gasteiger partial charge in [0.05, 0.1) is 0 Å². The van der Waals surface area contributed by atoms with Gasteiger partial charge in [0.25, 0.3) is 0 Å². The van der Waals surface area contributed by atoms with E-state index >= 15 is 0 Å². The fraction of sp³-hybridized carbons (Fsp3) is 0.929. The number of carbonyl (C=O) groups excluding carboxylic acids is 1. The SMILES string of the molecule is NCCCN1CCCN(C(=O)C2CCOCC2)CC1. The van der Waals surface area contributed by atoms with Gasteiger partial charge in [0.2, 0.25) is 5.91 Å². The van der Waals surface area contributed by atoms with Crippen LogP contribution in [0, 0.1) is 5.92 Å². The molecule has 110 valence electrons. The summed E-state index contributed by atoms with van der Waals surface area (Å²) in [4.78, 5) is 17.0. The minimum atomic E-state index is 0.198. The molecule has 2 fully saturated rings. The summed E-state index contributed by atoms with van der Waals surface area (Å²) >= 11 is 0. The Kier molecular flexibility index (Phi) is 6.07. The van der Waals surface area contributed by atoms with Crippen LogP contribution >= 0.6 is 0 Å². The van der Waals surface area contributed by atoms with Gasteiger partial charge < -0.3 is 20.3 Å². The highest BCUT2D eigenvalue weighted by atomic mass is 16.5. The maximum Gasteiger partial charge on any atom is 0.225 e. The molecule has 1 amide bonds. The van der Waals surface area contributed by atoms with Crippen LogP contribution < -0.4 is 5.73 Å². The molecule has 2 rings (SSSR count). The molecule has 0 spiro atoms. The Morgan fingerprint density at radius 3 is 2.68 bits per heavy atom. The van der Waals surface area contributed by atoms with Crippen LogP contribution in [-0.2, 0) is 9.53 Å². The Balaban J connectivity index is 1.79. The molecule has 0 aromatic rings. The second-order valence-electron chi connectivity index (χ2n) is 5.55. The van der Waals surface area contributed by atoms with Crippen molar-refractivity contribution in [3.63, 3.8) is 0 Å². The number of hydrogen-bond acceptors (Lipinski definition) is 4. The third-order valence-electron chi connectivity index (χ3n) is 4.15. The third-order valence-corrected chi connectivity index (χ3v) is 4.15. The average Bonchev–Trinajstić information content (AvgIpc) is 2.71. The second kappa shape index (κ2) is 7.82. The molecule has 2 saturated heterocycles. The molecule has 0 saturated carbocycles. The van der Waals surface area contributed by atoms with Crippen LogP contribution in [0.15, 0.2) is 0 Å². The lowest BCUT2D eigenvalue weighted by atomic mass is 9.98. The molecular formula is C14H27N3O2. The zero-order valence-electron chi connectivity index (χ0n) is 11.9. The van der Waals surface area contributed by atoms with Crippen LogP contribution in [0.4, 0.5) is 0 Å². The van der Waals surface area contributed by atoms with E-state index in [0.29, 0.717) is 5.91 Å². The zero-order chi connectivity index (χ0) is 13.5. The average molecular weight is 269 g/mol. The molecule has 2 N–H and O–H groups in total. The second-order valence-corrected chi connectivity index (χ2v) is 5.55. The first kappa shape index (κ1) is 14.8. The van der Waals surface area contributed by atoms with Crippen molar-refractivity contribution in [1.82, 2.24) is 9.80 Å². The maximum atomic E-state index is 12.5. The highest BCUT2D eigenvalue weighted by Crippen LogP contribution is 2.18. The van der Waals surface area contributed by atoms with Crippen molar-refractivity contribution >= 4 is 5.91 Å². The normalized spacial score (nSPS) is 23.3. The Hall–Kier alpha value is -0.650. The van der Waals surface area contributed by atoms with Crippen LogP contribution in [-0.4, -0.2) is 68.2 Å². The van der Waals surface area contributed by atoms with Gasteiger partial charge in [-0.25, -0.2) is 0 Å². The van der Waals surface area contributed by atoms with Gasteiger partial charge in [-0.05, 0) is 45.3 Å². The summed E-state index contributed by atoms with van der Waals surface area (Å²) in [5, 5.41) is 0. The molecule has 0 bridgehead atoms. The largest absolute Gasteiger partial charge is 0.381 e. The molecule has 0 aliphatic carbocycles. The highest BCUT2D eigenvalue weighted by molar-refractivity contribution is 5.79. The summed E-state index contributed by atoms with van der Waals surface area (Å²) < 4.78 is 5.33. The summed E-state index contributed by atoms with van der Waals surface area (Å²) in [6, 6.07) is 0. The molecule has 2 aliphatic heterocycles. The first-order chi connectivity index (χ1) is 9.31. The summed E-state index contributed by atoms with van der Waals surface area (Å²) in [5.41, 5.74) is 5.55. The van der Waals surface area contributed by atoms with Crippen LogP contribution in [0.25, 0.3) is 0 Å². The van der Waals surface area contributed by atoms with Crippen molar-refractivity contribution in [3.05, 3.63) is 0 Å². The van der Waals surface area contributed by atoms with Crippen molar-refractivity contribution in [2.24, 2.45) is 11.7 Å². The van der Waals surface area contributed by atoms with E-state index in [4.69, 9.17) is 10.5 Å². The summed E-state index contributed by atoms with van der Waals surface area (Å²) in [7, 11) is 0. The lowest BCUT2D eigenvalue weighted by molar-refractivity contribution is -0.138. The predicted octanol–water partition coefficient (Wildman–Crippen LogP) is 0.296. The Bertz CT molecular complexity index is 280. The Morgan fingerprint density at radius 2 is 1.95 bits per heavy atom. The van der Waals surface area contributed by atoms with Gasteiger partial charge in [-0.2, -0.15) is 0 Å². The monoisotopic (exact) mass is 269 g/mol. The van der Waals surface area contributed by atoms with E-state index in [9.17, 15) is 4.79 Å². The number of hydrogen-bond donors (Lipinski definition) is 1. The summed E-state index contributed by atoms with van der Waals surface area (Å²) in [6.07, 6.45) is 3.92. The Labute approximate surface area is 116 Å². The van der Waals surface area contributed by atoms with Gasteiger partial charge >= 0.3 is 0 Å². The van der Waals surface area contributed by atoms with Crippen LogP contribution in [0.3, 0.4) is 0 Å². The minimum Gasteiger partial charge on any atom is -0.381 e. The molecule has 0 aromatic heterocycles. The van der Waals surface area contributed by atoms with Crippen molar-refractivity contribution in [2.75, 3.05) is 52.5 Å². The van der Waals surface area contributed by atoms with Gasteiger partial charge in [0.1, 0.15) is 0 Å². The first-order valence-corrected chi connectivity index (χ1v) is 7.60. The fourth-order valence-corrected chi connectivity index (χ4v) is 2.93. The van der Waals surface area contributed by atoms with Crippen molar-refractivity contribution in [2.45, 2.75) is 25.7 Å². The number of nitrogens with two attached hydrogens (primary N) is 1. The van der Waals surface area contributed by atoms with Crippen LogP contribution in [0.1, 0.15) is 25.7 Å². The third kappa shape index (κ3) is 4.44. The van der Waals surface area contributed by atoms with Gasteiger partial charge in [-0.1, -0.05) is 0 Å². The van der Waals surface area contributed by atoms with Crippen LogP contribution in [0.2, 0.25) is 0 Å². The lowest BCUT2D eigenvalue weighted by Gasteiger charge is -2.28. The standard InChI is InChI=1S/C14H27N3O2/c15-5-1-6-16-7-2-8-17(10-9-16)14(18)13-3-11-19-12-4-13/h13H,1-12,15H2. The minimum absolute atomic E-state index is 0.198. The van der Waals surface area contributed by atoms with Crippen molar-refractivity contribution in [3.8, 4) is 0 Å². The molecule has 19 heavy (non-hydrogen) atoms. The van der Waals surface area contributed by atoms with Crippen molar-refractivity contribution < 1.29 is 9.53 Å². The predicted molar refractivity (Wildman–Crippen MR) is 74.9 cm³/mol. The van der Waals surface area contributed by atoms with Gasteiger partial charge in [-0.15, -0.1) is 0 Å². The molecule has 0 unspecified atom stereocenters. The fourth-order valence-electron chi connectivity index (χ4n) is 2.93. The lowest BCUT2D eigenvalue weighted by Crippen LogP contribution is -2.40. The van der Waals surface area contributed by atoms with E-state index in [1.807, 2.05) is 0 Å². The zero-order valence-corrected chi connectivity index (χ0v) is 11.9. The number of carbonyl (C=O) groups is 1. The number of nitrogens with zero attached hydrogens (tertiary/aromatic N) is 2. The smallest absolute Gasteiger partial charge is 0.225 e. The highest BCUT2D eigenvalue weighted by Gasteiger charge is 2.27. The number of amides is 1. The van der Waals surface area contributed by atoms with Crippen LogP contribution in [0.5, 0.6) is 0 Å². The summed E-state index contributed by atoms with van der Waals surface area (Å²) in [5.74, 6) is 0.549. The topological polar surface area (TPSA) is 58.8 Å². The Morgan fingerprint density at radius 1 is 1.16 bits per heavy atom. The van der Waals surface area contributed by atoms with E-state index < -0.39 is 0 Å². The van der Waals surface area contributed by atoms with E-state index in [1.165, 1.54) is 0 Å². The first-order valence-electron chi connectivity index (χ1n) is 7.60. The molecule has 5 heteroatoms. The molecule has 0 aromatic carbocycles. The number of ether oxygens (including phenoxy) is 1. The van der Waals surface area contributed by atoms with E-state index in [1.54, 1.807) is 0 Å². The van der Waals surface area contributed by atoms with Crippen molar-refractivity contribution in [1.29, 1.82) is 0 Å².